The Morgan fingerprint density at radius 1 is 1.00 bits per heavy atom. The summed E-state index contributed by atoms with van der Waals surface area (Å²) in [7, 11) is 0. The Bertz CT molecular complexity index is 709. The molecule has 0 N–H and O–H groups in total. The number of thioether (sulfide) groups is 1. The maximum atomic E-state index is 12.4. The number of nitrogens with zero attached hydrogens (tertiary/aromatic N) is 1. The Morgan fingerprint density at radius 3 is 2.22 bits per heavy atom. The number of benzene rings is 2. The minimum atomic E-state index is -0.581. The third-order valence-corrected chi connectivity index (χ3v) is 3.94. The Balaban J connectivity index is 2.11. The van der Waals surface area contributed by atoms with E-state index >= 15 is 0 Å². The number of hydrogen-bond acceptors (Lipinski definition) is 5. The number of carbonyl (C=O) groups excluding carboxylic acids is 2. The standard InChI is InChI=1S/C18H17NO3S/c1-3-16(17(20)13-9-11-15(23-2)12-10-13)19-22-18(21)14-7-5-4-6-8-14/h4-12H,3H2,1-2H3. The summed E-state index contributed by atoms with van der Waals surface area (Å²) in [6.07, 6.45) is 2.35. The molecule has 0 aliphatic heterocycles. The van der Waals surface area contributed by atoms with Crippen LogP contribution < -0.4 is 0 Å². The molecule has 2 aromatic carbocycles. The summed E-state index contributed by atoms with van der Waals surface area (Å²) in [4.78, 5) is 30.2. The van der Waals surface area contributed by atoms with E-state index in [0.717, 1.165) is 4.90 Å². The lowest BCUT2D eigenvalue weighted by Crippen LogP contribution is -2.15. The first-order valence-electron chi connectivity index (χ1n) is 7.17. The maximum absolute atomic E-state index is 12.4. The van der Waals surface area contributed by atoms with E-state index in [-0.39, 0.29) is 11.5 Å². The largest absolute Gasteiger partial charge is 0.365 e. The normalized spacial score (nSPS) is 11.1. The van der Waals surface area contributed by atoms with E-state index in [1.54, 1.807) is 61.2 Å². The molecule has 0 unspecified atom stereocenters. The van der Waals surface area contributed by atoms with Crippen molar-refractivity contribution < 1.29 is 14.4 Å². The van der Waals surface area contributed by atoms with Gasteiger partial charge in [0.1, 0.15) is 5.71 Å². The van der Waals surface area contributed by atoms with E-state index in [1.807, 2.05) is 18.4 Å². The highest BCUT2D eigenvalue weighted by atomic mass is 32.2. The average molecular weight is 327 g/mol. The van der Waals surface area contributed by atoms with Crippen molar-refractivity contribution in [3.63, 3.8) is 0 Å². The fourth-order valence-electron chi connectivity index (χ4n) is 1.90. The first kappa shape index (κ1) is 17.0. The molecule has 2 aromatic rings. The minimum Gasteiger partial charge on any atom is -0.312 e. The van der Waals surface area contributed by atoms with Crippen LogP contribution in [-0.4, -0.2) is 23.7 Å². The van der Waals surface area contributed by atoms with Crippen LogP contribution in [0.1, 0.15) is 34.1 Å². The van der Waals surface area contributed by atoms with E-state index in [0.29, 0.717) is 17.5 Å². The van der Waals surface area contributed by atoms with Gasteiger partial charge < -0.3 is 4.84 Å². The summed E-state index contributed by atoms with van der Waals surface area (Å²) in [5.41, 5.74) is 1.13. The molecule has 0 aromatic heterocycles. The van der Waals surface area contributed by atoms with E-state index in [4.69, 9.17) is 4.84 Å². The molecule has 2 rings (SSSR count). The Labute approximate surface area is 139 Å². The predicted molar refractivity (Wildman–Crippen MR) is 92.1 cm³/mol. The maximum Gasteiger partial charge on any atom is 0.365 e. The summed E-state index contributed by atoms with van der Waals surface area (Å²) >= 11 is 1.60. The second-order valence-electron chi connectivity index (χ2n) is 4.69. The van der Waals surface area contributed by atoms with Crippen LogP contribution in [0.4, 0.5) is 0 Å². The highest BCUT2D eigenvalue weighted by Crippen LogP contribution is 2.16. The van der Waals surface area contributed by atoms with Gasteiger partial charge in [0.15, 0.2) is 0 Å². The van der Waals surface area contributed by atoms with Gasteiger partial charge in [0.05, 0.1) is 5.56 Å². The SMILES string of the molecule is CCC(=NOC(=O)c1ccccc1)C(=O)c1ccc(SC)cc1. The molecule has 0 fully saturated rings. The molecule has 23 heavy (non-hydrogen) atoms. The second kappa shape index (κ2) is 8.29. The first-order chi connectivity index (χ1) is 11.2. The van der Waals surface area contributed by atoms with E-state index in [9.17, 15) is 9.59 Å². The molecule has 0 atom stereocenters. The lowest BCUT2D eigenvalue weighted by molar-refractivity contribution is 0.0515. The van der Waals surface area contributed by atoms with E-state index in [2.05, 4.69) is 5.16 Å². The summed E-state index contributed by atoms with van der Waals surface area (Å²) in [5, 5.41) is 3.75. The molecule has 5 heteroatoms. The van der Waals surface area contributed by atoms with Gasteiger partial charge in [0.25, 0.3) is 0 Å². The number of rotatable bonds is 6. The fourth-order valence-corrected chi connectivity index (χ4v) is 2.31. The number of carbonyl (C=O) groups is 2. The molecule has 0 aliphatic carbocycles. The zero-order valence-corrected chi connectivity index (χ0v) is 13.8. The molecule has 0 amide bonds. The van der Waals surface area contributed by atoms with Crippen molar-refractivity contribution in [2.24, 2.45) is 5.16 Å². The summed E-state index contributed by atoms with van der Waals surface area (Å²) < 4.78 is 0. The Hall–Kier alpha value is -2.40. The lowest BCUT2D eigenvalue weighted by Gasteiger charge is -2.04. The van der Waals surface area contributed by atoms with Gasteiger partial charge in [-0.3, -0.25) is 4.79 Å². The molecule has 0 aliphatic rings. The first-order valence-corrected chi connectivity index (χ1v) is 8.40. The van der Waals surface area contributed by atoms with Gasteiger partial charge >= 0.3 is 5.97 Å². The van der Waals surface area contributed by atoms with Crippen molar-refractivity contribution in [2.45, 2.75) is 18.2 Å². The third kappa shape index (κ3) is 4.53. The molecular weight excluding hydrogens is 310 g/mol. The third-order valence-electron chi connectivity index (χ3n) is 3.20. The van der Waals surface area contributed by atoms with Crippen LogP contribution in [0.25, 0.3) is 0 Å². The van der Waals surface area contributed by atoms with Crippen molar-refractivity contribution in [3.8, 4) is 0 Å². The van der Waals surface area contributed by atoms with E-state index < -0.39 is 5.97 Å². The van der Waals surface area contributed by atoms with Crippen molar-refractivity contribution in [3.05, 3.63) is 65.7 Å². The van der Waals surface area contributed by atoms with Crippen LogP contribution in [0, 0.1) is 0 Å². The van der Waals surface area contributed by atoms with Crippen molar-refractivity contribution in [2.75, 3.05) is 6.26 Å². The van der Waals surface area contributed by atoms with Gasteiger partial charge in [0.2, 0.25) is 5.78 Å². The van der Waals surface area contributed by atoms with Gasteiger partial charge in [-0.1, -0.05) is 30.3 Å². The highest BCUT2D eigenvalue weighted by Gasteiger charge is 2.14. The van der Waals surface area contributed by atoms with Crippen LogP contribution in [0.3, 0.4) is 0 Å². The number of hydrogen-bond donors (Lipinski definition) is 0. The molecule has 0 saturated heterocycles. The smallest absolute Gasteiger partial charge is 0.312 e. The predicted octanol–water partition coefficient (Wildman–Crippen LogP) is 4.21. The molecule has 0 spiro atoms. The summed E-state index contributed by atoms with van der Waals surface area (Å²) in [6.45, 7) is 1.79. The number of ketones is 1. The number of Topliss-reactive ketones (excluding diaryl/α,β-unsaturated/α-hetero) is 1. The van der Waals surface area contributed by atoms with Gasteiger partial charge in [-0.2, -0.15) is 0 Å². The van der Waals surface area contributed by atoms with E-state index in [1.165, 1.54) is 0 Å². The fraction of sp³-hybridized carbons (Fsp3) is 0.167. The summed E-state index contributed by atoms with van der Waals surface area (Å²) in [6, 6.07) is 15.8. The van der Waals surface area contributed by atoms with Crippen molar-refractivity contribution in [1.29, 1.82) is 0 Å². The topological polar surface area (TPSA) is 55.7 Å². The van der Waals surface area contributed by atoms with Gasteiger partial charge in [-0.15, -0.1) is 11.8 Å². The zero-order valence-electron chi connectivity index (χ0n) is 13.0. The van der Waals surface area contributed by atoms with Crippen LogP contribution in [0.15, 0.2) is 64.6 Å². The monoisotopic (exact) mass is 327 g/mol. The molecule has 0 heterocycles. The quantitative estimate of drug-likeness (QED) is 0.262. The van der Waals surface area contributed by atoms with Crippen LogP contribution in [0.5, 0.6) is 0 Å². The molecular formula is C18H17NO3S. The Morgan fingerprint density at radius 2 is 1.65 bits per heavy atom. The van der Waals surface area contributed by atoms with Gasteiger partial charge in [-0.05, 0) is 49.1 Å². The highest BCUT2D eigenvalue weighted by molar-refractivity contribution is 7.98. The van der Waals surface area contributed by atoms with Gasteiger partial charge in [-0.25, -0.2) is 4.79 Å². The Kier molecular flexibility index (Phi) is 6.11. The molecule has 0 saturated carbocycles. The van der Waals surface area contributed by atoms with Crippen molar-refractivity contribution >= 4 is 29.2 Å². The van der Waals surface area contributed by atoms with Crippen LogP contribution in [-0.2, 0) is 4.84 Å². The second-order valence-corrected chi connectivity index (χ2v) is 5.57. The average Bonchev–Trinajstić information content (AvgIpc) is 2.62. The molecule has 4 nitrogen and oxygen atoms in total. The molecule has 118 valence electrons. The number of oxime groups is 1. The summed E-state index contributed by atoms with van der Waals surface area (Å²) in [5.74, 6) is -0.817. The molecule has 0 bridgehead atoms. The molecule has 0 radical (unpaired) electrons. The zero-order chi connectivity index (χ0) is 16.7. The van der Waals surface area contributed by atoms with Crippen LogP contribution in [0.2, 0.25) is 0 Å². The van der Waals surface area contributed by atoms with Crippen LogP contribution >= 0.6 is 11.8 Å². The van der Waals surface area contributed by atoms with Gasteiger partial charge in [0, 0.05) is 10.5 Å². The minimum absolute atomic E-state index is 0.214. The lowest BCUT2D eigenvalue weighted by atomic mass is 10.1. The van der Waals surface area contributed by atoms with Crippen molar-refractivity contribution in [1.82, 2.24) is 0 Å².